The van der Waals surface area contributed by atoms with E-state index in [-0.39, 0.29) is 24.0 Å². The van der Waals surface area contributed by atoms with Crippen LogP contribution in [-0.2, 0) is 19.1 Å². The van der Waals surface area contributed by atoms with Crippen LogP contribution in [0, 0.1) is 0 Å². The van der Waals surface area contributed by atoms with Gasteiger partial charge in [0.05, 0.1) is 18.8 Å². The standard InChI is InChI=1S/C12H23N3O4/c1-8(11(16)13-4-5-18-2)15-12(17)10-6-9(19-3)7-14-10/h8-10,14H,4-7H2,1-3H3,(H,13,16)(H,15,17). The van der Waals surface area contributed by atoms with E-state index < -0.39 is 6.04 Å². The second-order valence-electron chi connectivity index (χ2n) is 4.57. The van der Waals surface area contributed by atoms with Gasteiger partial charge in [-0.1, -0.05) is 0 Å². The lowest BCUT2D eigenvalue weighted by Gasteiger charge is -2.17. The number of methoxy groups -OCH3 is 2. The van der Waals surface area contributed by atoms with Crippen LogP contribution in [0.1, 0.15) is 13.3 Å². The predicted molar refractivity (Wildman–Crippen MR) is 69.7 cm³/mol. The van der Waals surface area contributed by atoms with E-state index in [0.717, 1.165) is 0 Å². The molecule has 0 aromatic carbocycles. The van der Waals surface area contributed by atoms with Crippen LogP contribution in [0.25, 0.3) is 0 Å². The molecule has 0 aliphatic carbocycles. The van der Waals surface area contributed by atoms with Crippen molar-refractivity contribution < 1.29 is 19.1 Å². The maximum absolute atomic E-state index is 11.9. The number of carbonyl (C=O) groups is 2. The minimum absolute atomic E-state index is 0.0570. The molecule has 0 aromatic rings. The predicted octanol–water partition coefficient (Wildman–Crippen LogP) is -1.37. The second kappa shape index (κ2) is 8.08. The lowest BCUT2D eigenvalue weighted by Crippen LogP contribution is -2.50. The fraction of sp³-hybridized carbons (Fsp3) is 0.833. The first kappa shape index (κ1) is 15.9. The highest BCUT2D eigenvalue weighted by Gasteiger charge is 2.30. The highest BCUT2D eigenvalue weighted by molar-refractivity contribution is 5.89. The number of ether oxygens (including phenoxy) is 2. The molecule has 0 bridgehead atoms. The molecule has 1 heterocycles. The van der Waals surface area contributed by atoms with Gasteiger partial charge in [-0.15, -0.1) is 0 Å². The van der Waals surface area contributed by atoms with E-state index in [1.165, 1.54) is 0 Å². The van der Waals surface area contributed by atoms with Crippen molar-refractivity contribution in [1.82, 2.24) is 16.0 Å². The summed E-state index contributed by atoms with van der Waals surface area (Å²) in [6.07, 6.45) is 0.682. The van der Waals surface area contributed by atoms with Crippen molar-refractivity contribution >= 4 is 11.8 Å². The van der Waals surface area contributed by atoms with Gasteiger partial charge >= 0.3 is 0 Å². The number of amides is 2. The molecule has 3 atom stereocenters. The van der Waals surface area contributed by atoms with E-state index in [9.17, 15) is 9.59 Å². The van der Waals surface area contributed by atoms with E-state index in [2.05, 4.69) is 16.0 Å². The van der Waals surface area contributed by atoms with Crippen LogP contribution >= 0.6 is 0 Å². The fourth-order valence-corrected chi connectivity index (χ4v) is 1.89. The Hall–Kier alpha value is -1.18. The molecule has 0 saturated carbocycles. The lowest BCUT2D eigenvalue weighted by molar-refractivity contribution is -0.129. The Morgan fingerprint density at radius 2 is 2.16 bits per heavy atom. The van der Waals surface area contributed by atoms with E-state index >= 15 is 0 Å². The molecular weight excluding hydrogens is 250 g/mol. The Balaban J connectivity index is 2.29. The van der Waals surface area contributed by atoms with E-state index in [4.69, 9.17) is 9.47 Å². The number of carbonyl (C=O) groups excluding carboxylic acids is 2. The van der Waals surface area contributed by atoms with E-state index in [1.54, 1.807) is 21.1 Å². The van der Waals surface area contributed by atoms with Gasteiger partial charge in [-0.05, 0) is 13.3 Å². The molecule has 1 saturated heterocycles. The van der Waals surface area contributed by atoms with Crippen molar-refractivity contribution in [2.75, 3.05) is 33.9 Å². The molecule has 2 amide bonds. The third-order valence-electron chi connectivity index (χ3n) is 3.10. The molecule has 0 radical (unpaired) electrons. The Morgan fingerprint density at radius 1 is 1.42 bits per heavy atom. The van der Waals surface area contributed by atoms with Crippen molar-refractivity contribution in [1.29, 1.82) is 0 Å². The summed E-state index contributed by atoms with van der Waals surface area (Å²) in [5.41, 5.74) is 0. The summed E-state index contributed by atoms with van der Waals surface area (Å²) in [4.78, 5) is 23.6. The zero-order valence-electron chi connectivity index (χ0n) is 11.7. The molecule has 1 aliphatic rings. The minimum atomic E-state index is -0.562. The normalized spacial score (nSPS) is 23.9. The van der Waals surface area contributed by atoms with Gasteiger partial charge in [0.1, 0.15) is 6.04 Å². The molecule has 1 rings (SSSR count). The number of rotatable bonds is 7. The first-order valence-electron chi connectivity index (χ1n) is 6.41. The summed E-state index contributed by atoms with van der Waals surface area (Å²) in [6, 6.07) is -0.855. The van der Waals surface area contributed by atoms with Crippen LogP contribution in [0.15, 0.2) is 0 Å². The summed E-state index contributed by atoms with van der Waals surface area (Å²) >= 11 is 0. The van der Waals surface area contributed by atoms with Crippen LogP contribution < -0.4 is 16.0 Å². The third kappa shape index (κ3) is 5.14. The maximum atomic E-state index is 11.9. The van der Waals surface area contributed by atoms with Gasteiger partial charge in [0.15, 0.2) is 0 Å². The largest absolute Gasteiger partial charge is 0.383 e. The molecule has 3 N–H and O–H groups in total. The molecule has 7 nitrogen and oxygen atoms in total. The van der Waals surface area contributed by atoms with Crippen molar-refractivity contribution in [3.8, 4) is 0 Å². The average Bonchev–Trinajstić information content (AvgIpc) is 2.87. The van der Waals surface area contributed by atoms with E-state index in [0.29, 0.717) is 26.1 Å². The Bertz CT molecular complexity index is 311. The van der Waals surface area contributed by atoms with E-state index in [1.807, 2.05) is 0 Å². The average molecular weight is 273 g/mol. The van der Waals surface area contributed by atoms with Gasteiger partial charge in [-0.2, -0.15) is 0 Å². The zero-order chi connectivity index (χ0) is 14.3. The molecule has 3 unspecified atom stereocenters. The molecule has 0 aromatic heterocycles. The summed E-state index contributed by atoms with van der Waals surface area (Å²) in [7, 11) is 3.19. The first-order chi connectivity index (χ1) is 9.08. The summed E-state index contributed by atoms with van der Waals surface area (Å²) in [5.74, 6) is -0.388. The molecule has 1 aliphatic heterocycles. The van der Waals surface area contributed by atoms with Crippen LogP contribution in [0.2, 0.25) is 0 Å². The molecule has 7 heteroatoms. The topological polar surface area (TPSA) is 88.7 Å². The summed E-state index contributed by atoms with van der Waals surface area (Å²) in [6.45, 7) is 3.20. The SMILES string of the molecule is COCCNC(=O)C(C)NC(=O)C1CC(OC)CN1. The van der Waals surface area contributed by atoms with Crippen molar-refractivity contribution in [3.63, 3.8) is 0 Å². The van der Waals surface area contributed by atoms with Gasteiger partial charge < -0.3 is 25.4 Å². The number of nitrogens with one attached hydrogen (secondary N) is 3. The number of hydrogen-bond donors (Lipinski definition) is 3. The molecule has 19 heavy (non-hydrogen) atoms. The Kier molecular flexibility index (Phi) is 6.75. The first-order valence-corrected chi connectivity index (χ1v) is 6.41. The third-order valence-corrected chi connectivity index (χ3v) is 3.10. The van der Waals surface area contributed by atoms with Gasteiger partial charge in [0.2, 0.25) is 11.8 Å². The van der Waals surface area contributed by atoms with Gasteiger partial charge in [-0.3, -0.25) is 9.59 Å². The van der Waals surface area contributed by atoms with Crippen LogP contribution in [-0.4, -0.2) is 63.9 Å². The Labute approximate surface area is 113 Å². The maximum Gasteiger partial charge on any atom is 0.242 e. The highest BCUT2D eigenvalue weighted by Crippen LogP contribution is 2.09. The fourth-order valence-electron chi connectivity index (χ4n) is 1.89. The van der Waals surface area contributed by atoms with Crippen LogP contribution in [0.4, 0.5) is 0 Å². The number of hydrogen-bond acceptors (Lipinski definition) is 5. The van der Waals surface area contributed by atoms with Gasteiger partial charge in [0.25, 0.3) is 0 Å². The summed E-state index contributed by atoms with van der Waals surface area (Å²) < 4.78 is 10.0. The Morgan fingerprint density at radius 3 is 2.74 bits per heavy atom. The van der Waals surface area contributed by atoms with Crippen molar-refractivity contribution in [2.24, 2.45) is 0 Å². The highest BCUT2D eigenvalue weighted by atomic mass is 16.5. The summed E-state index contributed by atoms with van der Waals surface area (Å²) in [5, 5.41) is 8.42. The molecular formula is C12H23N3O4. The van der Waals surface area contributed by atoms with Gasteiger partial charge in [0, 0.05) is 27.3 Å². The molecule has 1 fully saturated rings. The quantitative estimate of drug-likeness (QED) is 0.498. The lowest BCUT2D eigenvalue weighted by atomic mass is 10.2. The molecule has 110 valence electrons. The zero-order valence-corrected chi connectivity index (χ0v) is 11.7. The van der Waals surface area contributed by atoms with Crippen LogP contribution in [0.5, 0.6) is 0 Å². The smallest absolute Gasteiger partial charge is 0.242 e. The van der Waals surface area contributed by atoms with Gasteiger partial charge in [-0.25, -0.2) is 0 Å². The minimum Gasteiger partial charge on any atom is -0.383 e. The van der Waals surface area contributed by atoms with Crippen molar-refractivity contribution in [3.05, 3.63) is 0 Å². The molecule has 0 spiro atoms. The van der Waals surface area contributed by atoms with Crippen molar-refractivity contribution in [2.45, 2.75) is 31.5 Å². The second-order valence-corrected chi connectivity index (χ2v) is 4.57. The van der Waals surface area contributed by atoms with Crippen LogP contribution in [0.3, 0.4) is 0 Å². The monoisotopic (exact) mass is 273 g/mol.